The highest BCUT2D eigenvalue weighted by Crippen LogP contribution is 2.37. The lowest BCUT2D eigenvalue weighted by atomic mass is 10.0. The summed E-state index contributed by atoms with van der Waals surface area (Å²) in [5.41, 5.74) is 2.14. The summed E-state index contributed by atoms with van der Waals surface area (Å²) in [5.74, 6) is 0.235. The van der Waals surface area contributed by atoms with Crippen molar-refractivity contribution in [1.82, 2.24) is 15.0 Å². The van der Waals surface area contributed by atoms with Gasteiger partial charge < -0.3 is 10.1 Å². The molecule has 1 N–H and O–H groups in total. The minimum atomic E-state index is -0.655. The van der Waals surface area contributed by atoms with E-state index in [4.69, 9.17) is 9.72 Å². The van der Waals surface area contributed by atoms with E-state index in [1.165, 1.54) is 12.1 Å². The third-order valence-electron chi connectivity index (χ3n) is 5.11. The number of anilines is 1. The molecule has 2 aromatic carbocycles. The van der Waals surface area contributed by atoms with Crippen LogP contribution in [0, 0.1) is 11.6 Å². The van der Waals surface area contributed by atoms with Gasteiger partial charge >= 0.3 is 0 Å². The highest BCUT2D eigenvalue weighted by Gasteiger charge is 2.17. The van der Waals surface area contributed by atoms with Gasteiger partial charge in [0.2, 0.25) is 0 Å². The first kappa shape index (κ1) is 21.0. The van der Waals surface area contributed by atoms with E-state index in [0.29, 0.717) is 40.5 Å². The number of nitrogens with one attached hydrogen (secondary N) is 1. The van der Waals surface area contributed by atoms with Crippen LogP contribution in [0.5, 0.6) is 5.75 Å². The number of aromatic nitrogens is 3. The van der Waals surface area contributed by atoms with Crippen molar-refractivity contribution in [3.8, 4) is 28.3 Å². The zero-order chi connectivity index (χ0) is 22.8. The average Bonchev–Trinajstić information content (AvgIpc) is 3.36. The SMILES string of the molecule is CNc1nc(-c2cccnc2)nc2c(OCc3cccs3)cc(-c3ccc(F)cc3F)cc12. The molecule has 0 spiro atoms. The Morgan fingerprint density at radius 2 is 1.91 bits per heavy atom. The molecule has 5 rings (SSSR count). The summed E-state index contributed by atoms with van der Waals surface area (Å²) >= 11 is 1.58. The fourth-order valence-corrected chi connectivity index (χ4v) is 4.16. The fraction of sp³-hybridized carbons (Fsp3) is 0.0800. The van der Waals surface area contributed by atoms with E-state index in [9.17, 15) is 8.78 Å². The Morgan fingerprint density at radius 1 is 1.00 bits per heavy atom. The molecule has 0 radical (unpaired) electrons. The summed E-state index contributed by atoms with van der Waals surface area (Å²) in [5, 5.41) is 5.74. The van der Waals surface area contributed by atoms with E-state index in [0.717, 1.165) is 16.5 Å². The van der Waals surface area contributed by atoms with Gasteiger partial charge in [0.25, 0.3) is 0 Å². The molecule has 164 valence electrons. The van der Waals surface area contributed by atoms with Gasteiger partial charge in [0.15, 0.2) is 5.82 Å². The van der Waals surface area contributed by atoms with Crippen molar-refractivity contribution in [3.63, 3.8) is 0 Å². The van der Waals surface area contributed by atoms with Gasteiger partial charge in [0.05, 0.1) is 0 Å². The van der Waals surface area contributed by atoms with Gasteiger partial charge in [-0.2, -0.15) is 0 Å². The van der Waals surface area contributed by atoms with Gasteiger partial charge in [-0.05, 0) is 53.4 Å². The second-order valence-corrected chi connectivity index (χ2v) is 8.28. The summed E-state index contributed by atoms with van der Waals surface area (Å²) in [4.78, 5) is 14.6. The molecule has 0 atom stereocenters. The van der Waals surface area contributed by atoms with Crippen molar-refractivity contribution in [2.24, 2.45) is 0 Å². The van der Waals surface area contributed by atoms with Crippen LogP contribution in [0.4, 0.5) is 14.6 Å². The first-order valence-corrected chi connectivity index (χ1v) is 11.0. The molecular weight excluding hydrogens is 442 g/mol. The number of thiophene rings is 1. The number of pyridine rings is 1. The van der Waals surface area contributed by atoms with Crippen LogP contribution in [0.2, 0.25) is 0 Å². The first-order chi connectivity index (χ1) is 16.1. The summed E-state index contributed by atoms with van der Waals surface area (Å²) in [6.07, 6.45) is 3.37. The Hall–Kier alpha value is -3.91. The standard InChI is InChI=1S/C25H18F2N4OS/c1-28-25-20-10-16(19-7-6-17(26)12-21(19)27)11-22(32-14-18-5-3-9-33-18)23(20)30-24(31-25)15-4-2-8-29-13-15/h2-13H,14H2,1H3,(H,28,30,31). The molecule has 33 heavy (non-hydrogen) atoms. The average molecular weight is 461 g/mol. The second kappa shape index (κ2) is 8.91. The van der Waals surface area contributed by atoms with Gasteiger partial charge in [-0.3, -0.25) is 4.98 Å². The number of hydrogen-bond donors (Lipinski definition) is 1. The molecule has 0 fully saturated rings. The molecule has 3 aromatic heterocycles. The normalized spacial score (nSPS) is 11.0. The molecule has 3 heterocycles. The van der Waals surface area contributed by atoms with Gasteiger partial charge in [-0.1, -0.05) is 6.07 Å². The monoisotopic (exact) mass is 460 g/mol. The van der Waals surface area contributed by atoms with E-state index in [-0.39, 0.29) is 5.56 Å². The lowest BCUT2D eigenvalue weighted by Gasteiger charge is -2.15. The van der Waals surface area contributed by atoms with Crippen LogP contribution < -0.4 is 10.1 Å². The number of benzene rings is 2. The number of halogens is 2. The maximum atomic E-state index is 14.6. The molecule has 0 saturated carbocycles. The van der Waals surface area contributed by atoms with Crippen molar-refractivity contribution >= 4 is 28.1 Å². The predicted octanol–water partition coefficient (Wildman–Crippen LogP) is 6.32. The summed E-state index contributed by atoms with van der Waals surface area (Å²) < 4.78 is 34.3. The molecular formula is C25H18F2N4OS. The third kappa shape index (κ3) is 4.25. The van der Waals surface area contributed by atoms with Crippen molar-refractivity contribution < 1.29 is 13.5 Å². The van der Waals surface area contributed by atoms with Crippen LogP contribution in [0.1, 0.15) is 4.88 Å². The van der Waals surface area contributed by atoms with E-state index in [2.05, 4.69) is 15.3 Å². The smallest absolute Gasteiger partial charge is 0.163 e. The van der Waals surface area contributed by atoms with Crippen molar-refractivity contribution in [2.45, 2.75) is 6.61 Å². The Labute approximate surface area is 192 Å². The fourth-order valence-electron chi connectivity index (χ4n) is 3.55. The van der Waals surface area contributed by atoms with Crippen LogP contribution >= 0.6 is 11.3 Å². The van der Waals surface area contributed by atoms with Gasteiger partial charge in [0.1, 0.15) is 35.3 Å². The number of nitrogens with zero attached hydrogens (tertiary/aromatic N) is 3. The third-order valence-corrected chi connectivity index (χ3v) is 5.96. The summed E-state index contributed by atoms with van der Waals surface area (Å²) in [7, 11) is 1.76. The van der Waals surface area contributed by atoms with Crippen LogP contribution in [0.25, 0.3) is 33.4 Å². The molecule has 5 aromatic rings. The summed E-state index contributed by atoms with van der Waals surface area (Å²) in [6, 6.07) is 14.6. The molecule has 8 heteroatoms. The first-order valence-electron chi connectivity index (χ1n) is 10.2. The molecule has 0 aliphatic heterocycles. The minimum Gasteiger partial charge on any atom is -0.486 e. The van der Waals surface area contributed by atoms with Crippen LogP contribution in [-0.4, -0.2) is 22.0 Å². The predicted molar refractivity (Wildman–Crippen MR) is 126 cm³/mol. The van der Waals surface area contributed by atoms with Crippen LogP contribution in [0.15, 0.2) is 72.4 Å². The largest absolute Gasteiger partial charge is 0.486 e. The van der Waals surface area contributed by atoms with E-state index in [1.807, 2.05) is 29.6 Å². The Balaban J connectivity index is 1.72. The van der Waals surface area contributed by atoms with Gasteiger partial charge in [-0.25, -0.2) is 18.7 Å². The molecule has 0 bridgehead atoms. The highest BCUT2D eigenvalue weighted by atomic mass is 32.1. The molecule has 5 nitrogen and oxygen atoms in total. The molecule has 0 aliphatic carbocycles. The maximum Gasteiger partial charge on any atom is 0.163 e. The van der Waals surface area contributed by atoms with Gasteiger partial charge in [0, 0.05) is 46.9 Å². The topological polar surface area (TPSA) is 59.9 Å². The Bertz CT molecular complexity index is 1430. The van der Waals surface area contributed by atoms with Crippen LogP contribution in [-0.2, 0) is 6.61 Å². The van der Waals surface area contributed by atoms with Crippen molar-refractivity contribution in [1.29, 1.82) is 0 Å². The van der Waals surface area contributed by atoms with E-state index < -0.39 is 11.6 Å². The van der Waals surface area contributed by atoms with Crippen molar-refractivity contribution in [2.75, 3.05) is 12.4 Å². The van der Waals surface area contributed by atoms with E-state index >= 15 is 0 Å². The zero-order valence-electron chi connectivity index (χ0n) is 17.5. The quantitative estimate of drug-likeness (QED) is 0.321. The number of ether oxygens (including phenoxy) is 1. The Kier molecular flexibility index (Phi) is 5.66. The zero-order valence-corrected chi connectivity index (χ0v) is 18.4. The van der Waals surface area contributed by atoms with E-state index in [1.54, 1.807) is 42.9 Å². The Morgan fingerprint density at radius 3 is 2.64 bits per heavy atom. The minimum absolute atomic E-state index is 0.262. The molecule has 0 aliphatic rings. The van der Waals surface area contributed by atoms with Gasteiger partial charge in [-0.15, -0.1) is 11.3 Å². The number of rotatable bonds is 6. The molecule has 0 amide bonds. The highest BCUT2D eigenvalue weighted by molar-refractivity contribution is 7.09. The molecule has 0 unspecified atom stereocenters. The number of fused-ring (bicyclic) bond motifs is 1. The maximum absolute atomic E-state index is 14.6. The summed E-state index contributed by atoms with van der Waals surface area (Å²) in [6.45, 7) is 0.337. The molecule has 0 saturated heterocycles. The van der Waals surface area contributed by atoms with Crippen LogP contribution in [0.3, 0.4) is 0 Å². The van der Waals surface area contributed by atoms with Crippen molar-refractivity contribution in [3.05, 3.63) is 88.9 Å². The lowest BCUT2D eigenvalue weighted by Crippen LogP contribution is -2.02. The number of hydrogen-bond acceptors (Lipinski definition) is 6. The second-order valence-electron chi connectivity index (χ2n) is 7.25. The lowest BCUT2D eigenvalue weighted by molar-refractivity contribution is 0.313.